The van der Waals surface area contributed by atoms with Crippen LogP contribution in [0, 0.1) is 10.8 Å². The van der Waals surface area contributed by atoms with Gasteiger partial charge in [-0.3, -0.25) is 9.59 Å². The second-order valence-corrected chi connectivity index (χ2v) is 14.5. The molecule has 1 aliphatic heterocycles. The van der Waals surface area contributed by atoms with Gasteiger partial charge in [-0.05, 0) is 52.6 Å². The summed E-state index contributed by atoms with van der Waals surface area (Å²) in [4.78, 5) is 27.3. The summed E-state index contributed by atoms with van der Waals surface area (Å²) < 4.78 is 1.84. The topological polar surface area (TPSA) is 42.3 Å². The Labute approximate surface area is 222 Å². The fourth-order valence-electron chi connectivity index (χ4n) is 5.11. The average Bonchev–Trinajstić information content (AvgIpc) is 2.68. The van der Waals surface area contributed by atoms with Crippen LogP contribution in [0.15, 0.2) is 28.2 Å². The summed E-state index contributed by atoms with van der Waals surface area (Å²) in [5, 5.41) is 0. The zero-order valence-electron chi connectivity index (χ0n) is 26.1. The minimum Gasteiger partial charge on any atom is -0.339 e. The van der Waals surface area contributed by atoms with Crippen molar-refractivity contribution in [1.82, 2.24) is 9.47 Å². The molecule has 2 rings (SSSR count). The Kier molecular flexibility index (Phi) is 10.5. The second kappa shape index (κ2) is 11.7. The van der Waals surface area contributed by atoms with E-state index in [-0.39, 0.29) is 33.1 Å². The van der Waals surface area contributed by atoms with Crippen LogP contribution in [0.5, 0.6) is 0 Å². The van der Waals surface area contributed by atoms with Crippen LogP contribution in [0.3, 0.4) is 0 Å². The number of hydrogen-bond acceptors (Lipinski definition) is 2. The van der Waals surface area contributed by atoms with Crippen molar-refractivity contribution in [1.29, 1.82) is 0 Å². The molecule has 0 N–H and O–H groups in total. The van der Waals surface area contributed by atoms with Crippen LogP contribution >= 0.6 is 0 Å². The van der Waals surface area contributed by atoms with E-state index in [1.807, 2.05) is 15.7 Å². The van der Waals surface area contributed by atoms with Crippen LogP contribution in [-0.2, 0) is 22.2 Å². The molecule has 1 aliphatic rings. The van der Waals surface area contributed by atoms with Gasteiger partial charge in [0, 0.05) is 37.0 Å². The van der Waals surface area contributed by atoms with E-state index in [2.05, 4.69) is 103 Å². The van der Waals surface area contributed by atoms with E-state index in [1.165, 1.54) is 11.1 Å². The lowest BCUT2D eigenvalue weighted by Crippen LogP contribution is -2.43. The molecule has 2 heterocycles. The van der Waals surface area contributed by atoms with Crippen LogP contribution < -0.4 is 5.56 Å². The molecule has 0 unspecified atom stereocenters. The van der Waals surface area contributed by atoms with E-state index < -0.39 is 0 Å². The molecule has 36 heavy (non-hydrogen) atoms. The van der Waals surface area contributed by atoms with Crippen molar-refractivity contribution in [2.45, 2.75) is 134 Å². The molecule has 0 saturated heterocycles. The van der Waals surface area contributed by atoms with Gasteiger partial charge >= 0.3 is 0 Å². The largest absolute Gasteiger partial charge is 0.339 e. The van der Waals surface area contributed by atoms with E-state index in [1.54, 1.807) is 0 Å². The van der Waals surface area contributed by atoms with Crippen molar-refractivity contribution in [3.8, 4) is 0 Å². The van der Waals surface area contributed by atoms with Gasteiger partial charge in [0.05, 0.1) is 0 Å². The molecule has 0 saturated carbocycles. The first-order chi connectivity index (χ1) is 16.2. The zero-order chi connectivity index (χ0) is 28.3. The molecule has 0 fully saturated rings. The Morgan fingerprint density at radius 3 is 1.64 bits per heavy atom. The SMILES string of the molecule is CCCN1CCC(C(C)(C)C)=C(C(C)(C)C)C1=O.CCCn1ccc(C(C)(C)C)c(C(C)(C)C)c1=O. The molecule has 4 heteroatoms. The highest BCUT2D eigenvalue weighted by atomic mass is 16.2. The molecule has 1 aromatic rings. The second-order valence-electron chi connectivity index (χ2n) is 14.5. The summed E-state index contributed by atoms with van der Waals surface area (Å²) in [6.45, 7) is 32.8. The van der Waals surface area contributed by atoms with Gasteiger partial charge in [-0.15, -0.1) is 0 Å². The number of hydrogen-bond donors (Lipinski definition) is 0. The number of nitrogens with zero attached hydrogens (tertiary/aromatic N) is 2. The van der Waals surface area contributed by atoms with Crippen molar-refractivity contribution in [2.75, 3.05) is 13.1 Å². The number of amides is 1. The van der Waals surface area contributed by atoms with E-state index >= 15 is 0 Å². The third-order valence-corrected chi connectivity index (χ3v) is 6.77. The lowest BCUT2D eigenvalue weighted by molar-refractivity contribution is -0.129. The van der Waals surface area contributed by atoms with Gasteiger partial charge in [0.1, 0.15) is 0 Å². The molecule has 1 amide bonds. The van der Waals surface area contributed by atoms with E-state index in [0.717, 1.165) is 50.0 Å². The summed E-state index contributed by atoms with van der Waals surface area (Å²) in [6.07, 6.45) is 5.00. The molecular weight excluding hydrogens is 444 g/mol. The van der Waals surface area contributed by atoms with Crippen LogP contribution in [-0.4, -0.2) is 28.5 Å². The maximum atomic E-state index is 12.7. The Morgan fingerprint density at radius 1 is 0.722 bits per heavy atom. The van der Waals surface area contributed by atoms with Crippen LogP contribution in [0.2, 0.25) is 0 Å². The lowest BCUT2D eigenvalue weighted by atomic mass is 9.72. The normalized spacial score (nSPS) is 15.7. The fourth-order valence-corrected chi connectivity index (χ4v) is 5.11. The number of aryl methyl sites for hydroxylation is 1. The van der Waals surface area contributed by atoms with Crippen molar-refractivity contribution in [3.05, 3.63) is 44.9 Å². The molecule has 4 nitrogen and oxygen atoms in total. The highest BCUT2D eigenvalue weighted by Crippen LogP contribution is 2.41. The summed E-state index contributed by atoms with van der Waals surface area (Å²) in [5.41, 5.74) is 4.64. The lowest BCUT2D eigenvalue weighted by Gasteiger charge is -2.40. The Bertz CT molecular complexity index is 983. The molecule has 0 spiro atoms. The first kappa shape index (κ1) is 32.2. The monoisotopic (exact) mass is 500 g/mol. The predicted octanol–water partition coefficient (Wildman–Crippen LogP) is 7.87. The third kappa shape index (κ3) is 8.08. The third-order valence-electron chi connectivity index (χ3n) is 6.77. The first-order valence-electron chi connectivity index (χ1n) is 14.0. The van der Waals surface area contributed by atoms with E-state index in [0.29, 0.717) is 0 Å². The van der Waals surface area contributed by atoms with Crippen LogP contribution in [0.4, 0.5) is 0 Å². The Hall–Kier alpha value is -1.84. The molecule has 0 aliphatic carbocycles. The van der Waals surface area contributed by atoms with Gasteiger partial charge in [-0.1, -0.05) is 103 Å². The smallest absolute Gasteiger partial charge is 0.254 e. The molecular formula is C32H56N2O2. The van der Waals surface area contributed by atoms with Gasteiger partial charge < -0.3 is 9.47 Å². The number of carbonyl (C=O) groups excluding carboxylic acids is 1. The van der Waals surface area contributed by atoms with Gasteiger partial charge in [0.15, 0.2) is 0 Å². The number of rotatable bonds is 4. The first-order valence-corrected chi connectivity index (χ1v) is 14.0. The van der Waals surface area contributed by atoms with Crippen molar-refractivity contribution in [2.24, 2.45) is 10.8 Å². The van der Waals surface area contributed by atoms with Crippen molar-refractivity contribution in [3.63, 3.8) is 0 Å². The standard InChI is InChI=1S/C16H29NO.C16H27NO/c2*1-8-10-17-11-9-12(15(2,3)4)13(14(17)18)16(5,6)7/h8-11H2,1-7H3;9,11H,8,10H2,1-7H3. The maximum absolute atomic E-state index is 12.7. The van der Waals surface area contributed by atoms with Gasteiger partial charge in [-0.25, -0.2) is 0 Å². The number of pyridine rings is 1. The van der Waals surface area contributed by atoms with Gasteiger partial charge in [0.2, 0.25) is 5.91 Å². The Balaban J connectivity index is 0.000000360. The number of carbonyl (C=O) groups is 1. The highest BCUT2D eigenvalue weighted by molar-refractivity contribution is 5.96. The van der Waals surface area contributed by atoms with Crippen molar-refractivity contribution >= 4 is 5.91 Å². The molecule has 0 radical (unpaired) electrons. The van der Waals surface area contributed by atoms with E-state index in [9.17, 15) is 9.59 Å². The van der Waals surface area contributed by atoms with Crippen LogP contribution in [0.25, 0.3) is 0 Å². The van der Waals surface area contributed by atoms with E-state index in [4.69, 9.17) is 0 Å². The fraction of sp³-hybridized carbons (Fsp3) is 0.750. The van der Waals surface area contributed by atoms with Crippen LogP contribution in [0.1, 0.15) is 127 Å². The highest BCUT2D eigenvalue weighted by Gasteiger charge is 2.37. The zero-order valence-corrected chi connectivity index (χ0v) is 26.1. The number of aromatic nitrogens is 1. The Morgan fingerprint density at radius 2 is 1.25 bits per heavy atom. The van der Waals surface area contributed by atoms with Gasteiger partial charge in [-0.2, -0.15) is 0 Å². The molecule has 0 bridgehead atoms. The maximum Gasteiger partial charge on any atom is 0.254 e. The molecule has 1 aromatic heterocycles. The van der Waals surface area contributed by atoms with Gasteiger partial charge in [0.25, 0.3) is 5.56 Å². The minimum atomic E-state index is -0.115. The minimum absolute atomic E-state index is 0.00702. The van der Waals surface area contributed by atoms with Crippen molar-refractivity contribution < 1.29 is 4.79 Å². The molecule has 0 atom stereocenters. The predicted molar refractivity (Wildman–Crippen MR) is 156 cm³/mol. The quantitative estimate of drug-likeness (QED) is 0.422. The molecule has 0 aromatic carbocycles. The summed E-state index contributed by atoms with van der Waals surface area (Å²) in [6, 6.07) is 2.12. The molecule has 206 valence electrons. The average molecular weight is 501 g/mol. The summed E-state index contributed by atoms with van der Waals surface area (Å²) in [5.74, 6) is 0.264. The summed E-state index contributed by atoms with van der Waals surface area (Å²) >= 11 is 0. The summed E-state index contributed by atoms with van der Waals surface area (Å²) in [7, 11) is 0.